The number of rotatable bonds is 2. The van der Waals surface area contributed by atoms with E-state index in [-0.39, 0.29) is 21.0 Å². The molecule has 0 radical (unpaired) electrons. The summed E-state index contributed by atoms with van der Waals surface area (Å²) in [4.78, 5) is 7.96. The van der Waals surface area contributed by atoms with Crippen LogP contribution in [0.15, 0.2) is 39.8 Å². The van der Waals surface area contributed by atoms with Crippen LogP contribution in [0.2, 0.25) is 10.4 Å². The third-order valence-corrected chi connectivity index (χ3v) is 5.78. The highest BCUT2D eigenvalue weighted by Crippen LogP contribution is 2.33. The summed E-state index contributed by atoms with van der Waals surface area (Å²) in [5.74, 6) is 0. The van der Waals surface area contributed by atoms with Crippen molar-refractivity contribution in [3.63, 3.8) is 0 Å². The minimum absolute atomic E-state index is 0.0831. The van der Waals surface area contributed by atoms with Crippen molar-refractivity contribution in [1.29, 1.82) is 0 Å². The van der Waals surface area contributed by atoms with Crippen LogP contribution in [0.5, 0.6) is 0 Å². The lowest BCUT2D eigenvalue weighted by molar-refractivity contribution is 0.588. The van der Waals surface area contributed by atoms with Gasteiger partial charge in [0.2, 0.25) is 5.28 Å². The van der Waals surface area contributed by atoms with Crippen molar-refractivity contribution >= 4 is 60.2 Å². The average molecular weight is 421 g/mol. The molecule has 0 saturated heterocycles. The highest BCUT2D eigenvalue weighted by Gasteiger charge is 2.23. The summed E-state index contributed by atoms with van der Waals surface area (Å²) in [6.45, 7) is 1.88. The number of hydrogen-bond acceptors (Lipinski definition) is 4. The molecule has 0 N–H and O–H groups in total. The lowest BCUT2D eigenvalue weighted by Crippen LogP contribution is -2.12. The Morgan fingerprint density at radius 1 is 1.14 bits per heavy atom. The summed E-state index contributed by atoms with van der Waals surface area (Å²) in [6.07, 6.45) is 1.39. The molecule has 0 spiro atoms. The van der Waals surface area contributed by atoms with Crippen LogP contribution in [0, 0.1) is 6.92 Å². The Balaban J connectivity index is 2.32. The van der Waals surface area contributed by atoms with Gasteiger partial charge in [-0.05, 0) is 46.6 Å². The monoisotopic (exact) mass is 419 g/mol. The van der Waals surface area contributed by atoms with Crippen LogP contribution in [0.25, 0.3) is 11.0 Å². The zero-order valence-electron chi connectivity index (χ0n) is 11.1. The SMILES string of the molecule is Cc1ccc(S(=O)(=O)n2cc(Br)c3c(Cl)nc(Cl)nc32)cc1. The second-order valence-electron chi connectivity index (χ2n) is 4.57. The molecule has 0 fully saturated rings. The van der Waals surface area contributed by atoms with Crippen LogP contribution in [0.3, 0.4) is 0 Å². The molecule has 0 aliphatic heterocycles. The molecule has 0 saturated carbocycles. The minimum Gasteiger partial charge on any atom is -0.223 e. The molecule has 22 heavy (non-hydrogen) atoms. The smallest absolute Gasteiger partial charge is 0.223 e. The fourth-order valence-corrected chi connectivity index (χ4v) is 4.60. The first-order valence-electron chi connectivity index (χ1n) is 6.02. The van der Waals surface area contributed by atoms with Crippen molar-refractivity contribution in [2.45, 2.75) is 11.8 Å². The van der Waals surface area contributed by atoms with Gasteiger partial charge in [0.15, 0.2) is 5.65 Å². The van der Waals surface area contributed by atoms with Gasteiger partial charge in [0.1, 0.15) is 5.15 Å². The maximum absolute atomic E-state index is 12.8. The Bertz CT molecular complexity index is 985. The summed E-state index contributed by atoms with van der Waals surface area (Å²) in [7, 11) is -3.82. The molecule has 0 unspecified atom stereocenters. The number of nitrogens with zero attached hydrogens (tertiary/aromatic N) is 3. The predicted octanol–water partition coefficient (Wildman–Crippen LogP) is 4.05. The molecule has 0 atom stereocenters. The molecular formula is C13H8BrCl2N3O2S. The van der Waals surface area contributed by atoms with Crippen LogP contribution in [0.4, 0.5) is 0 Å². The Labute approximate surface area is 145 Å². The second-order valence-corrected chi connectivity index (χ2v) is 7.94. The summed E-state index contributed by atoms with van der Waals surface area (Å²) in [5.41, 5.74) is 1.09. The zero-order chi connectivity index (χ0) is 16.1. The van der Waals surface area contributed by atoms with Gasteiger partial charge in [-0.2, -0.15) is 4.98 Å². The summed E-state index contributed by atoms with van der Waals surface area (Å²) in [6, 6.07) is 6.52. The van der Waals surface area contributed by atoms with Crippen molar-refractivity contribution in [1.82, 2.24) is 13.9 Å². The van der Waals surface area contributed by atoms with Crippen LogP contribution in [-0.2, 0) is 10.0 Å². The first-order chi connectivity index (χ1) is 10.3. The lowest BCUT2D eigenvalue weighted by atomic mass is 10.2. The van der Waals surface area contributed by atoms with Crippen LogP contribution >= 0.6 is 39.1 Å². The number of aryl methyl sites for hydroxylation is 1. The van der Waals surface area contributed by atoms with Crippen LogP contribution < -0.4 is 0 Å². The fraction of sp³-hybridized carbons (Fsp3) is 0.0769. The Hall–Kier alpha value is -1.15. The third kappa shape index (κ3) is 2.52. The van der Waals surface area contributed by atoms with Gasteiger partial charge in [-0.3, -0.25) is 0 Å². The number of hydrogen-bond donors (Lipinski definition) is 0. The van der Waals surface area contributed by atoms with Crippen molar-refractivity contribution in [3.8, 4) is 0 Å². The van der Waals surface area contributed by atoms with Gasteiger partial charge in [-0.25, -0.2) is 17.4 Å². The van der Waals surface area contributed by atoms with Gasteiger partial charge in [0.25, 0.3) is 10.0 Å². The molecule has 114 valence electrons. The zero-order valence-corrected chi connectivity index (χ0v) is 15.0. The van der Waals surface area contributed by atoms with Gasteiger partial charge >= 0.3 is 0 Å². The topological polar surface area (TPSA) is 64.8 Å². The van der Waals surface area contributed by atoms with E-state index in [1.165, 1.54) is 18.3 Å². The van der Waals surface area contributed by atoms with Crippen molar-refractivity contribution in [2.75, 3.05) is 0 Å². The molecule has 0 aliphatic rings. The molecule has 5 nitrogen and oxygen atoms in total. The number of aromatic nitrogens is 3. The average Bonchev–Trinajstić information content (AvgIpc) is 2.77. The first-order valence-corrected chi connectivity index (χ1v) is 9.01. The van der Waals surface area contributed by atoms with E-state index < -0.39 is 10.0 Å². The Morgan fingerprint density at radius 3 is 2.41 bits per heavy atom. The lowest BCUT2D eigenvalue weighted by Gasteiger charge is -2.07. The number of benzene rings is 1. The second kappa shape index (κ2) is 5.49. The van der Waals surface area contributed by atoms with Gasteiger partial charge in [0.05, 0.1) is 10.3 Å². The standard InChI is InChI=1S/C13H8BrCl2N3O2S/c1-7-2-4-8(5-3-7)22(20,21)19-6-9(14)10-11(15)17-13(16)18-12(10)19/h2-6H,1H3. The van der Waals surface area contributed by atoms with E-state index in [1.807, 2.05) is 6.92 Å². The van der Waals surface area contributed by atoms with E-state index >= 15 is 0 Å². The van der Waals surface area contributed by atoms with E-state index in [4.69, 9.17) is 23.2 Å². The normalized spacial score (nSPS) is 12.0. The quantitative estimate of drug-likeness (QED) is 0.463. The number of fused-ring (bicyclic) bond motifs is 1. The maximum Gasteiger partial charge on any atom is 0.269 e. The molecule has 3 rings (SSSR count). The van der Waals surface area contributed by atoms with E-state index in [0.29, 0.717) is 9.86 Å². The van der Waals surface area contributed by atoms with Crippen LogP contribution in [-0.4, -0.2) is 22.4 Å². The maximum atomic E-state index is 12.8. The van der Waals surface area contributed by atoms with Gasteiger partial charge < -0.3 is 0 Å². The van der Waals surface area contributed by atoms with Gasteiger partial charge in [-0.15, -0.1) is 0 Å². The van der Waals surface area contributed by atoms with Gasteiger partial charge in [-0.1, -0.05) is 29.3 Å². The molecule has 0 bridgehead atoms. The highest BCUT2D eigenvalue weighted by atomic mass is 79.9. The van der Waals surface area contributed by atoms with Crippen molar-refractivity contribution in [3.05, 3.63) is 50.9 Å². The van der Waals surface area contributed by atoms with E-state index in [0.717, 1.165) is 9.54 Å². The predicted molar refractivity (Wildman–Crippen MR) is 89.0 cm³/mol. The molecular weight excluding hydrogens is 413 g/mol. The van der Waals surface area contributed by atoms with E-state index in [1.54, 1.807) is 12.1 Å². The molecule has 2 heterocycles. The number of halogens is 3. The van der Waals surface area contributed by atoms with Crippen LogP contribution in [0.1, 0.15) is 5.56 Å². The Morgan fingerprint density at radius 2 is 1.77 bits per heavy atom. The summed E-state index contributed by atoms with van der Waals surface area (Å²) < 4.78 is 27.1. The van der Waals surface area contributed by atoms with Gasteiger partial charge in [0, 0.05) is 10.7 Å². The van der Waals surface area contributed by atoms with Crippen molar-refractivity contribution in [2.24, 2.45) is 0 Å². The molecule has 9 heteroatoms. The first kappa shape index (κ1) is 15.7. The molecule has 0 amide bonds. The minimum atomic E-state index is -3.82. The molecule has 1 aromatic carbocycles. The van der Waals surface area contributed by atoms with E-state index in [2.05, 4.69) is 25.9 Å². The molecule has 2 aromatic heterocycles. The highest BCUT2D eigenvalue weighted by molar-refractivity contribution is 9.10. The van der Waals surface area contributed by atoms with Crippen molar-refractivity contribution < 1.29 is 8.42 Å². The largest absolute Gasteiger partial charge is 0.269 e. The molecule has 0 aliphatic carbocycles. The fourth-order valence-electron chi connectivity index (χ4n) is 2.00. The Kier molecular flexibility index (Phi) is 3.92. The summed E-state index contributed by atoms with van der Waals surface area (Å²) in [5, 5.41) is 0.352. The van der Waals surface area contributed by atoms with E-state index in [9.17, 15) is 8.42 Å². The molecule has 3 aromatic rings. The summed E-state index contributed by atoms with van der Waals surface area (Å²) >= 11 is 15.1. The third-order valence-electron chi connectivity index (χ3n) is 3.07.